The highest BCUT2D eigenvalue weighted by Gasteiger charge is 2.43. The number of rotatable bonds is 3. The van der Waals surface area contributed by atoms with E-state index < -0.39 is 5.82 Å². The molecular weight excluding hydrogens is 313 g/mol. The monoisotopic (exact) mass is 335 g/mol. The molecule has 0 spiro atoms. The maximum atomic E-state index is 14.2. The van der Waals surface area contributed by atoms with E-state index in [1.54, 1.807) is 32.8 Å². The van der Waals surface area contributed by atoms with Gasteiger partial charge in [0, 0.05) is 40.2 Å². The first kappa shape index (κ1) is 16.6. The van der Waals surface area contributed by atoms with Crippen LogP contribution in [0.15, 0.2) is 0 Å². The Bertz CT molecular complexity index is 687. The van der Waals surface area contributed by atoms with E-state index in [9.17, 15) is 14.0 Å². The van der Waals surface area contributed by atoms with E-state index in [1.807, 2.05) is 4.90 Å². The van der Waals surface area contributed by atoms with E-state index in [0.29, 0.717) is 37.0 Å². The van der Waals surface area contributed by atoms with E-state index in [-0.39, 0.29) is 30.2 Å². The first-order valence-electron chi connectivity index (χ1n) is 8.04. The average Bonchev–Trinajstić information content (AvgIpc) is 2.83. The molecule has 0 bridgehead atoms. The largest absolute Gasteiger partial charge is 0.350 e. The van der Waals surface area contributed by atoms with Crippen molar-refractivity contribution >= 4 is 17.6 Å². The van der Waals surface area contributed by atoms with E-state index in [4.69, 9.17) is 0 Å². The van der Waals surface area contributed by atoms with Crippen LogP contribution in [0.3, 0.4) is 0 Å². The molecule has 2 amide bonds. The Kier molecular flexibility index (Phi) is 4.15. The Labute approximate surface area is 140 Å². The van der Waals surface area contributed by atoms with Gasteiger partial charge in [-0.15, -0.1) is 0 Å². The molecule has 1 atom stereocenters. The summed E-state index contributed by atoms with van der Waals surface area (Å²) >= 11 is 0. The van der Waals surface area contributed by atoms with Gasteiger partial charge in [-0.05, 0) is 13.8 Å². The van der Waals surface area contributed by atoms with Crippen LogP contribution in [0.1, 0.15) is 17.9 Å². The quantitative estimate of drug-likeness (QED) is 0.798. The summed E-state index contributed by atoms with van der Waals surface area (Å²) in [5.74, 6) is 0.116. The third-order valence-corrected chi connectivity index (χ3v) is 4.66. The number of aromatic nitrogens is 2. The number of amides is 2. The minimum Gasteiger partial charge on any atom is -0.350 e. The molecule has 1 aromatic rings. The fraction of sp³-hybridized carbons (Fsp3) is 0.625. The summed E-state index contributed by atoms with van der Waals surface area (Å²) < 4.78 is 14.2. The van der Waals surface area contributed by atoms with Gasteiger partial charge in [-0.2, -0.15) is 0 Å². The Morgan fingerprint density at radius 3 is 2.50 bits per heavy atom. The second-order valence-corrected chi connectivity index (χ2v) is 6.73. The maximum absolute atomic E-state index is 14.2. The molecule has 2 saturated heterocycles. The summed E-state index contributed by atoms with van der Waals surface area (Å²) in [5, 5.41) is 0. The van der Waals surface area contributed by atoms with Crippen molar-refractivity contribution in [2.45, 2.75) is 26.3 Å². The van der Waals surface area contributed by atoms with Crippen LogP contribution in [-0.2, 0) is 9.59 Å². The SMILES string of the molecule is Cc1nc(C)c(F)c(N2CC(N3CC(C(=O)N(C)C)CC3=O)C2)n1. The van der Waals surface area contributed by atoms with E-state index in [2.05, 4.69) is 9.97 Å². The van der Waals surface area contributed by atoms with E-state index >= 15 is 0 Å². The molecule has 2 fully saturated rings. The normalized spacial score (nSPS) is 21.2. The van der Waals surface area contributed by atoms with Crippen molar-refractivity contribution in [3.05, 3.63) is 17.3 Å². The van der Waals surface area contributed by atoms with Crippen LogP contribution < -0.4 is 4.90 Å². The third-order valence-electron chi connectivity index (χ3n) is 4.66. The number of likely N-dealkylation sites (tertiary alicyclic amines) is 1. The van der Waals surface area contributed by atoms with Gasteiger partial charge in [0.2, 0.25) is 11.8 Å². The predicted octanol–water partition coefficient (Wildman–Crippen LogP) is 0.358. The zero-order valence-corrected chi connectivity index (χ0v) is 14.4. The summed E-state index contributed by atoms with van der Waals surface area (Å²) in [6.07, 6.45) is 0.258. The highest BCUT2D eigenvalue weighted by molar-refractivity contribution is 5.89. The Morgan fingerprint density at radius 2 is 1.88 bits per heavy atom. The van der Waals surface area contributed by atoms with Gasteiger partial charge in [-0.1, -0.05) is 0 Å². The summed E-state index contributed by atoms with van der Waals surface area (Å²) in [6, 6.07) is 0.00689. The molecular formula is C16H22FN5O2. The van der Waals surface area contributed by atoms with E-state index in [0.717, 1.165) is 0 Å². The van der Waals surface area contributed by atoms with Crippen molar-refractivity contribution < 1.29 is 14.0 Å². The Morgan fingerprint density at radius 1 is 1.21 bits per heavy atom. The number of carbonyl (C=O) groups is 2. The van der Waals surface area contributed by atoms with Crippen LogP contribution in [0.5, 0.6) is 0 Å². The molecule has 1 aromatic heterocycles. The Balaban J connectivity index is 1.65. The van der Waals surface area contributed by atoms with Crippen LogP contribution >= 0.6 is 0 Å². The van der Waals surface area contributed by atoms with E-state index in [1.165, 1.54) is 4.90 Å². The molecule has 24 heavy (non-hydrogen) atoms. The molecule has 0 N–H and O–H groups in total. The first-order valence-corrected chi connectivity index (χ1v) is 8.04. The second kappa shape index (κ2) is 5.99. The molecule has 7 nitrogen and oxygen atoms in total. The highest BCUT2D eigenvalue weighted by atomic mass is 19.1. The number of halogens is 1. The van der Waals surface area contributed by atoms with Gasteiger partial charge in [0.05, 0.1) is 17.7 Å². The third kappa shape index (κ3) is 2.81. The topological polar surface area (TPSA) is 69.6 Å². The van der Waals surface area contributed by atoms with Gasteiger partial charge in [0.15, 0.2) is 11.6 Å². The van der Waals surface area contributed by atoms with Crippen molar-refractivity contribution in [3.63, 3.8) is 0 Å². The number of aryl methyl sites for hydroxylation is 2. The van der Waals surface area contributed by atoms with Gasteiger partial charge in [-0.25, -0.2) is 14.4 Å². The maximum Gasteiger partial charge on any atom is 0.227 e. The lowest BCUT2D eigenvalue weighted by Crippen LogP contribution is -2.60. The van der Waals surface area contributed by atoms with Crippen molar-refractivity contribution in [1.29, 1.82) is 0 Å². The summed E-state index contributed by atoms with van der Waals surface area (Å²) in [4.78, 5) is 37.5. The fourth-order valence-electron chi connectivity index (χ4n) is 3.33. The molecule has 0 radical (unpaired) electrons. The minimum atomic E-state index is -0.410. The van der Waals surface area contributed by atoms with Gasteiger partial charge in [-0.3, -0.25) is 9.59 Å². The van der Waals surface area contributed by atoms with Crippen LogP contribution in [0, 0.1) is 25.6 Å². The summed E-state index contributed by atoms with van der Waals surface area (Å²) in [7, 11) is 3.40. The smallest absolute Gasteiger partial charge is 0.227 e. The number of nitrogens with zero attached hydrogens (tertiary/aromatic N) is 5. The van der Waals surface area contributed by atoms with Crippen LogP contribution in [0.2, 0.25) is 0 Å². The second-order valence-electron chi connectivity index (χ2n) is 6.73. The molecule has 8 heteroatoms. The van der Waals surface area contributed by atoms with Crippen molar-refractivity contribution in [1.82, 2.24) is 19.8 Å². The summed E-state index contributed by atoms with van der Waals surface area (Å²) in [6.45, 7) is 4.85. The first-order chi connectivity index (χ1) is 11.3. The van der Waals surface area contributed by atoms with Gasteiger partial charge < -0.3 is 14.7 Å². The predicted molar refractivity (Wildman–Crippen MR) is 86.0 cm³/mol. The van der Waals surface area contributed by atoms with Crippen LogP contribution in [-0.4, -0.2) is 71.4 Å². The van der Waals surface area contributed by atoms with Crippen LogP contribution in [0.25, 0.3) is 0 Å². The summed E-state index contributed by atoms with van der Waals surface area (Å²) in [5.41, 5.74) is 0.329. The highest BCUT2D eigenvalue weighted by Crippen LogP contribution is 2.30. The van der Waals surface area contributed by atoms with Crippen molar-refractivity contribution in [2.24, 2.45) is 5.92 Å². The lowest BCUT2D eigenvalue weighted by molar-refractivity contribution is -0.133. The average molecular weight is 335 g/mol. The van der Waals surface area contributed by atoms with Crippen LogP contribution in [0.4, 0.5) is 10.2 Å². The lowest BCUT2D eigenvalue weighted by atomic mass is 10.1. The molecule has 0 aliphatic carbocycles. The molecule has 1 unspecified atom stereocenters. The van der Waals surface area contributed by atoms with Gasteiger partial charge >= 0.3 is 0 Å². The standard InChI is InChI=1S/C16H22FN5O2/c1-9-14(17)15(19-10(2)18-9)21-7-12(8-21)22-6-11(5-13(22)23)16(24)20(3)4/h11-12H,5-8H2,1-4H3. The number of hydrogen-bond donors (Lipinski definition) is 0. The van der Waals surface area contributed by atoms with Crippen molar-refractivity contribution in [3.8, 4) is 0 Å². The molecule has 130 valence electrons. The molecule has 2 aliphatic heterocycles. The molecule has 3 heterocycles. The molecule has 2 aliphatic rings. The number of anilines is 1. The zero-order valence-electron chi connectivity index (χ0n) is 14.4. The minimum absolute atomic E-state index is 0.00429. The van der Waals surface area contributed by atoms with Gasteiger partial charge in [0.25, 0.3) is 0 Å². The number of hydrogen-bond acceptors (Lipinski definition) is 5. The zero-order chi connectivity index (χ0) is 17.6. The molecule has 0 aromatic carbocycles. The fourth-order valence-corrected chi connectivity index (χ4v) is 3.33. The number of carbonyl (C=O) groups excluding carboxylic acids is 2. The lowest BCUT2D eigenvalue weighted by Gasteiger charge is -2.44. The van der Waals surface area contributed by atoms with Crippen molar-refractivity contribution in [2.75, 3.05) is 38.6 Å². The Hall–Kier alpha value is -2.25. The molecule has 0 saturated carbocycles. The van der Waals surface area contributed by atoms with Gasteiger partial charge in [0.1, 0.15) is 5.82 Å². The molecule has 3 rings (SSSR count).